The van der Waals surface area contributed by atoms with Crippen LogP contribution in [0.3, 0.4) is 0 Å². The molecule has 1 unspecified atom stereocenters. The maximum absolute atomic E-state index is 4.43. The standard InChI is InChI=1S/C14H27N5/c1-12(11-19-7-5-6-8-19)15-9-13-10-16-14(17(2)3)18(13)4/h10,12,15H,5-9,11H2,1-4H3. The summed E-state index contributed by atoms with van der Waals surface area (Å²) in [5.41, 5.74) is 1.23. The molecule has 0 radical (unpaired) electrons. The van der Waals surface area contributed by atoms with Crippen molar-refractivity contribution < 1.29 is 0 Å². The number of hydrogen-bond acceptors (Lipinski definition) is 4. The van der Waals surface area contributed by atoms with E-state index < -0.39 is 0 Å². The summed E-state index contributed by atoms with van der Waals surface area (Å²) in [5.74, 6) is 1.00. The SMILES string of the molecule is CC(CN1CCCC1)NCc1cnc(N(C)C)n1C. The molecular formula is C14H27N5. The van der Waals surface area contributed by atoms with E-state index in [0.717, 1.165) is 19.0 Å². The molecule has 0 saturated carbocycles. The second kappa shape index (κ2) is 6.39. The summed E-state index contributed by atoms with van der Waals surface area (Å²) in [5, 5.41) is 3.60. The van der Waals surface area contributed by atoms with Crippen molar-refractivity contribution in [3.8, 4) is 0 Å². The lowest BCUT2D eigenvalue weighted by atomic mass is 10.3. The molecule has 0 bridgehead atoms. The van der Waals surface area contributed by atoms with E-state index in [1.165, 1.54) is 31.6 Å². The van der Waals surface area contributed by atoms with E-state index in [2.05, 4.69) is 33.7 Å². The van der Waals surface area contributed by atoms with E-state index in [1.807, 2.05) is 25.2 Å². The fraction of sp³-hybridized carbons (Fsp3) is 0.786. The lowest BCUT2D eigenvalue weighted by molar-refractivity contribution is 0.297. The largest absolute Gasteiger partial charge is 0.348 e. The average Bonchev–Trinajstić information content (AvgIpc) is 2.96. The Morgan fingerprint density at radius 3 is 2.63 bits per heavy atom. The predicted octanol–water partition coefficient (Wildman–Crippen LogP) is 1.06. The van der Waals surface area contributed by atoms with Crippen LogP contribution in [0.2, 0.25) is 0 Å². The maximum Gasteiger partial charge on any atom is 0.204 e. The van der Waals surface area contributed by atoms with Crippen LogP contribution in [0, 0.1) is 0 Å². The highest BCUT2D eigenvalue weighted by Gasteiger charge is 2.15. The van der Waals surface area contributed by atoms with E-state index in [9.17, 15) is 0 Å². The van der Waals surface area contributed by atoms with Crippen molar-refractivity contribution in [3.05, 3.63) is 11.9 Å². The number of imidazole rings is 1. The second-order valence-electron chi connectivity index (χ2n) is 5.79. The first-order valence-electron chi connectivity index (χ1n) is 7.21. The molecule has 1 aromatic heterocycles. The van der Waals surface area contributed by atoms with Crippen LogP contribution in [0.1, 0.15) is 25.5 Å². The summed E-state index contributed by atoms with van der Waals surface area (Å²) >= 11 is 0. The van der Waals surface area contributed by atoms with Gasteiger partial charge in [-0.15, -0.1) is 0 Å². The van der Waals surface area contributed by atoms with Crippen LogP contribution in [0.25, 0.3) is 0 Å². The number of aromatic nitrogens is 2. The summed E-state index contributed by atoms with van der Waals surface area (Å²) in [6.07, 6.45) is 4.69. The number of rotatable bonds is 6. The molecule has 0 aromatic carbocycles. The van der Waals surface area contributed by atoms with Crippen LogP contribution in [0.5, 0.6) is 0 Å². The van der Waals surface area contributed by atoms with Gasteiger partial charge in [-0.1, -0.05) is 0 Å². The van der Waals surface area contributed by atoms with Crippen molar-refractivity contribution in [2.24, 2.45) is 7.05 Å². The Balaban J connectivity index is 1.81. The Morgan fingerprint density at radius 2 is 2.05 bits per heavy atom. The Hall–Kier alpha value is -1.07. The Morgan fingerprint density at radius 1 is 1.37 bits per heavy atom. The van der Waals surface area contributed by atoms with Crippen molar-refractivity contribution in [1.29, 1.82) is 0 Å². The van der Waals surface area contributed by atoms with Crippen molar-refractivity contribution in [2.75, 3.05) is 38.6 Å². The molecule has 19 heavy (non-hydrogen) atoms. The van der Waals surface area contributed by atoms with Gasteiger partial charge in [0.15, 0.2) is 0 Å². The highest BCUT2D eigenvalue weighted by molar-refractivity contribution is 5.30. The summed E-state index contributed by atoms with van der Waals surface area (Å²) in [4.78, 5) is 9.02. The highest BCUT2D eigenvalue weighted by Crippen LogP contribution is 2.11. The van der Waals surface area contributed by atoms with Crippen molar-refractivity contribution in [1.82, 2.24) is 19.8 Å². The van der Waals surface area contributed by atoms with Crippen LogP contribution in [0.15, 0.2) is 6.20 Å². The minimum absolute atomic E-state index is 0.524. The first kappa shape index (κ1) is 14.3. The van der Waals surface area contributed by atoms with E-state index >= 15 is 0 Å². The average molecular weight is 265 g/mol. The highest BCUT2D eigenvalue weighted by atomic mass is 15.3. The van der Waals surface area contributed by atoms with E-state index in [-0.39, 0.29) is 0 Å². The van der Waals surface area contributed by atoms with Crippen LogP contribution < -0.4 is 10.2 Å². The summed E-state index contributed by atoms with van der Waals surface area (Å²) in [6, 6.07) is 0.524. The third-order valence-electron chi connectivity index (χ3n) is 3.82. The molecule has 0 amide bonds. The molecule has 0 spiro atoms. The molecule has 1 aromatic rings. The normalized spacial score (nSPS) is 17.9. The van der Waals surface area contributed by atoms with Gasteiger partial charge in [0, 0.05) is 40.3 Å². The lowest BCUT2D eigenvalue weighted by Crippen LogP contribution is -2.37. The van der Waals surface area contributed by atoms with Gasteiger partial charge in [-0.05, 0) is 32.9 Å². The molecular weight excluding hydrogens is 238 g/mol. The van der Waals surface area contributed by atoms with Gasteiger partial charge in [0.2, 0.25) is 5.95 Å². The van der Waals surface area contributed by atoms with Crippen molar-refractivity contribution >= 4 is 5.95 Å². The molecule has 5 nitrogen and oxygen atoms in total. The first-order valence-corrected chi connectivity index (χ1v) is 7.21. The Bertz CT molecular complexity index is 393. The van der Waals surface area contributed by atoms with Gasteiger partial charge in [0.25, 0.3) is 0 Å². The van der Waals surface area contributed by atoms with E-state index in [4.69, 9.17) is 0 Å². The molecule has 5 heteroatoms. The smallest absolute Gasteiger partial charge is 0.204 e. The molecule has 1 aliphatic heterocycles. The van der Waals surface area contributed by atoms with Gasteiger partial charge in [-0.3, -0.25) is 0 Å². The molecule has 2 heterocycles. The van der Waals surface area contributed by atoms with Gasteiger partial charge in [-0.2, -0.15) is 0 Å². The number of likely N-dealkylation sites (tertiary alicyclic amines) is 1. The summed E-state index contributed by atoms with van der Waals surface area (Å²) in [6.45, 7) is 6.83. The maximum atomic E-state index is 4.43. The second-order valence-corrected chi connectivity index (χ2v) is 5.79. The minimum atomic E-state index is 0.524. The summed E-state index contributed by atoms with van der Waals surface area (Å²) in [7, 11) is 6.12. The molecule has 108 valence electrons. The van der Waals surface area contributed by atoms with Crippen LogP contribution in [-0.2, 0) is 13.6 Å². The third-order valence-corrected chi connectivity index (χ3v) is 3.82. The van der Waals surface area contributed by atoms with Gasteiger partial charge in [0.05, 0.1) is 11.9 Å². The fourth-order valence-electron chi connectivity index (χ4n) is 2.71. The zero-order valence-corrected chi connectivity index (χ0v) is 12.7. The minimum Gasteiger partial charge on any atom is -0.348 e. The zero-order valence-electron chi connectivity index (χ0n) is 12.7. The van der Waals surface area contributed by atoms with Gasteiger partial charge in [0.1, 0.15) is 0 Å². The monoisotopic (exact) mass is 265 g/mol. The molecule has 1 atom stereocenters. The van der Waals surface area contributed by atoms with Crippen molar-refractivity contribution in [3.63, 3.8) is 0 Å². The number of nitrogens with zero attached hydrogens (tertiary/aromatic N) is 4. The molecule has 1 N–H and O–H groups in total. The van der Waals surface area contributed by atoms with E-state index in [0.29, 0.717) is 6.04 Å². The number of nitrogens with one attached hydrogen (secondary N) is 1. The van der Waals surface area contributed by atoms with Crippen LogP contribution in [0.4, 0.5) is 5.95 Å². The first-order chi connectivity index (χ1) is 9.08. The Labute approximate surface area is 116 Å². The quantitative estimate of drug-likeness (QED) is 0.834. The molecule has 1 fully saturated rings. The lowest BCUT2D eigenvalue weighted by Gasteiger charge is -2.21. The Kier molecular flexibility index (Phi) is 4.82. The molecule has 0 aliphatic carbocycles. The van der Waals surface area contributed by atoms with Gasteiger partial charge in [-0.25, -0.2) is 4.98 Å². The molecule has 2 rings (SSSR count). The van der Waals surface area contributed by atoms with Crippen LogP contribution >= 0.6 is 0 Å². The third kappa shape index (κ3) is 3.70. The predicted molar refractivity (Wildman–Crippen MR) is 79.5 cm³/mol. The van der Waals surface area contributed by atoms with Gasteiger partial charge < -0.3 is 19.7 Å². The summed E-state index contributed by atoms with van der Waals surface area (Å²) < 4.78 is 2.15. The molecule has 1 saturated heterocycles. The van der Waals surface area contributed by atoms with Crippen molar-refractivity contribution in [2.45, 2.75) is 32.4 Å². The number of anilines is 1. The van der Waals surface area contributed by atoms with Crippen LogP contribution in [-0.4, -0.2) is 54.2 Å². The van der Waals surface area contributed by atoms with E-state index in [1.54, 1.807) is 0 Å². The fourth-order valence-corrected chi connectivity index (χ4v) is 2.71. The van der Waals surface area contributed by atoms with Gasteiger partial charge >= 0.3 is 0 Å². The number of hydrogen-bond donors (Lipinski definition) is 1. The topological polar surface area (TPSA) is 36.3 Å². The molecule has 1 aliphatic rings. The zero-order chi connectivity index (χ0) is 13.8.